The van der Waals surface area contributed by atoms with Gasteiger partial charge in [0.2, 0.25) is 0 Å². The van der Waals surface area contributed by atoms with Crippen LogP contribution < -0.4 is 10.9 Å². The van der Waals surface area contributed by atoms with E-state index < -0.39 is 17.5 Å². The SMILES string of the molecule is C=N/C=C\N(N)c1ncc(F)c2c(C(=O)C(=O)N3CCN(C(=NC(C)C)c4ccccc4)CC3)c[nH]c12. The minimum atomic E-state index is -0.804. The number of piperazine rings is 1. The van der Waals surface area contributed by atoms with Crippen molar-refractivity contribution in [2.24, 2.45) is 15.8 Å². The van der Waals surface area contributed by atoms with Gasteiger partial charge in [0.1, 0.15) is 5.84 Å². The fourth-order valence-corrected chi connectivity index (χ4v) is 4.21. The van der Waals surface area contributed by atoms with E-state index in [1.54, 1.807) is 0 Å². The molecule has 3 aromatic rings. The number of carbonyl (C=O) groups is 2. The molecule has 192 valence electrons. The monoisotopic (exact) mass is 504 g/mol. The van der Waals surface area contributed by atoms with Crippen LogP contribution in [0.1, 0.15) is 29.8 Å². The third kappa shape index (κ3) is 5.41. The van der Waals surface area contributed by atoms with Crippen LogP contribution in [0.4, 0.5) is 10.2 Å². The van der Waals surface area contributed by atoms with Crippen LogP contribution in [0.25, 0.3) is 10.9 Å². The van der Waals surface area contributed by atoms with Gasteiger partial charge in [-0.15, -0.1) is 0 Å². The number of Topliss-reactive ketones (excluding diaryl/α,β-unsaturated/α-hetero) is 1. The van der Waals surface area contributed by atoms with E-state index in [0.29, 0.717) is 26.2 Å². The molecule has 0 bridgehead atoms. The van der Waals surface area contributed by atoms with Gasteiger partial charge in [0.05, 0.1) is 22.7 Å². The predicted molar refractivity (Wildman–Crippen MR) is 142 cm³/mol. The molecule has 0 radical (unpaired) electrons. The van der Waals surface area contributed by atoms with E-state index in [1.165, 1.54) is 23.5 Å². The van der Waals surface area contributed by atoms with E-state index >= 15 is 0 Å². The average molecular weight is 505 g/mol. The third-order valence-electron chi connectivity index (χ3n) is 5.94. The molecule has 4 rings (SSSR count). The molecular weight excluding hydrogens is 475 g/mol. The molecule has 0 atom stereocenters. The van der Waals surface area contributed by atoms with Crippen molar-refractivity contribution in [1.29, 1.82) is 0 Å². The van der Waals surface area contributed by atoms with Crippen molar-refractivity contribution < 1.29 is 14.0 Å². The number of H-pyrrole nitrogens is 1. The lowest BCUT2D eigenvalue weighted by Gasteiger charge is -2.36. The number of anilines is 1. The highest BCUT2D eigenvalue weighted by Crippen LogP contribution is 2.28. The number of amides is 1. The second kappa shape index (κ2) is 11.1. The maximum Gasteiger partial charge on any atom is 0.295 e. The first kappa shape index (κ1) is 25.7. The molecule has 37 heavy (non-hydrogen) atoms. The first-order valence-corrected chi connectivity index (χ1v) is 11.9. The van der Waals surface area contributed by atoms with Gasteiger partial charge in [-0.2, -0.15) is 0 Å². The number of pyridine rings is 1. The Kier molecular flexibility index (Phi) is 7.73. The van der Waals surface area contributed by atoms with Crippen LogP contribution in [0.3, 0.4) is 0 Å². The minimum absolute atomic E-state index is 0.0483. The second-order valence-electron chi connectivity index (χ2n) is 8.79. The Morgan fingerprint density at radius 1 is 1.19 bits per heavy atom. The molecule has 3 N–H and O–H groups in total. The lowest BCUT2D eigenvalue weighted by molar-refractivity contribution is -0.127. The summed E-state index contributed by atoms with van der Waals surface area (Å²) in [4.78, 5) is 45.1. The van der Waals surface area contributed by atoms with Crippen molar-refractivity contribution in [3.8, 4) is 0 Å². The topological polar surface area (TPSA) is 123 Å². The summed E-state index contributed by atoms with van der Waals surface area (Å²) < 4.78 is 14.8. The van der Waals surface area contributed by atoms with Crippen LogP contribution in [-0.2, 0) is 4.79 Å². The Morgan fingerprint density at radius 3 is 2.51 bits per heavy atom. The molecule has 1 aliphatic heterocycles. The number of hydrazine groups is 1. The van der Waals surface area contributed by atoms with Crippen molar-refractivity contribution in [2.75, 3.05) is 31.2 Å². The van der Waals surface area contributed by atoms with Gasteiger partial charge in [0.25, 0.3) is 11.7 Å². The van der Waals surface area contributed by atoms with Crippen molar-refractivity contribution in [3.63, 3.8) is 0 Å². The highest BCUT2D eigenvalue weighted by atomic mass is 19.1. The summed E-state index contributed by atoms with van der Waals surface area (Å²) in [5.74, 6) is 4.73. The molecule has 1 aromatic carbocycles. The van der Waals surface area contributed by atoms with Gasteiger partial charge in [-0.25, -0.2) is 15.2 Å². The standard InChI is InChI=1S/C26H29FN8O2/c1-17(2)32-24(18-7-5-4-6-8-18)33-11-13-34(14-12-33)26(37)23(36)19-15-30-22-21(19)20(27)16-31-25(22)35(28)10-9-29-3/h4-10,15-17,30H,3,11-14,28H2,1-2H3/b10-9-,32-24?. The number of halogens is 1. The molecule has 0 aliphatic carbocycles. The Bertz CT molecular complexity index is 1360. The van der Waals surface area contributed by atoms with Gasteiger partial charge in [-0.1, -0.05) is 30.3 Å². The molecule has 1 aliphatic rings. The molecule has 0 unspecified atom stereocenters. The number of aromatic amines is 1. The molecule has 2 aromatic heterocycles. The molecule has 3 heterocycles. The zero-order chi connectivity index (χ0) is 26.5. The summed E-state index contributed by atoms with van der Waals surface area (Å²) >= 11 is 0. The second-order valence-corrected chi connectivity index (χ2v) is 8.79. The predicted octanol–water partition coefficient (Wildman–Crippen LogP) is 2.74. The number of hydrogen-bond donors (Lipinski definition) is 2. The van der Waals surface area contributed by atoms with Gasteiger partial charge in [0.15, 0.2) is 11.6 Å². The van der Waals surface area contributed by atoms with Gasteiger partial charge >= 0.3 is 0 Å². The van der Waals surface area contributed by atoms with Gasteiger partial charge < -0.3 is 14.8 Å². The normalized spacial score (nSPS) is 14.6. The number of hydrogen-bond acceptors (Lipinski definition) is 7. The van der Waals surface area contributed by atoms with Crippen molar-refractivity contribution >= 4 is 41.0 Å². The number of benzene rings is 1. The van der Waals surface area contributed by atoms with E-state index in [4.69, 9.17) is 10.8 Å². The maximum atomic E-state index is 14.8. The lowest BCUT2D eigenvalue weighted by atomic mass is 10.1. The summed E-state index contributed by atoms with van der Waals surface area (Å²) in [7, 11) is 0. The van der Waals surface area contributed by atoms with Crippen LogP contribution >= 0.6 is 0 Å². The van der Waals surface area contributed by atoms with E-state index in [0.717, 1.165) is 22.6 Å². The van der Waals surface area contributed by atoms with Crippen molar-refractivity contribution in [1.82, 2.24) is 19.8 Å². The average Bonchev–Trinajstić information content (AvgIpc) is 3.36. The van der Waals surface area contributed by atoms with Crippen LogP contribution in [0.15, 0.2) is 65.1 Å². The Labute approximate surface area is 214 Å². The molecule has 1 fully saturated rings. The van der Waals surface area contributed by atoms with E-state index in [-0.39, 0.29) is 28.3 Å². The summed E-state index contributed by atoms with van der Waals surface area (Å²) in [6.07, 6.45) is 4.98. The number of nitrogens with one attached hydrogen (secondary N) is 1. The van der Waals surface area contributed by atoms with Crippen molar-refractivity contribution in [3.05, 3.63) is 72.1 Å². The number of amidine groups is 1. The molecule has 0 saturated carbocycles. The van der Waals surface area contributed by atoms with Crippen LogP contribution in [0, 0.1) is 5.82 Å². The number of ketones is 1. The third-order valence-corrected chi connectivity index (χ3v) is 5.94. The van der Waals surface area contributed by atoms with Gasteiger partial charge in [-0.05, 0) is 20.6 Å². The lowest BCUT2D eigenvalue weighted by Crippen LogP contribution is -2.52. The number of aliphatic imine (C=N–C) groups is 2. The highest BCUT2D eigenvalue weighted by Gasteiger charge is 2.31. The first-order chi connectivity index (χ1) is 17.8. The smallest absolute Gasteiger partial charge is 0.295 e. The summed E-state index contributed by atoms with van der Waals surface area (Å²) in [6.45, 7) is 9.06. The minimum Gasteiger partial charge on any atom is -0.357 e. The van der Waals surface area contributed by atoms with Crippen LogP contribution in [-0.4, -0.2) is 76.2 Å². The van der Waals surface area contributed by atoms with E-state index in [2.05, 4.69) is 26.6 Å². The molecule has 10 nitrogen and oxygen atoms in total. The Morgan fingerprint density at radius 2 is 1.86 bits per heavy atom. The summed E-state index contributed by atoms with van der Waals surface area (Å²) in [5, 5.41) is 1.07. The molecule has 11 heteroatoms. The van der Waals surface area contributed by atoms with E-state index in [9.17, 15) is 14.0 Å². The fourth-order valence-electron chi connectivity index (χ4n) is 4.21. The van der Waals surface area contributed by atoms with Gasteiger partial charge in [0, 0.05) is 56.4 Å². The highest BCUT2D eigenvalue weighted by molar-refractivity contribution is 6.45. The number of aromatic nitrogens is 2. The van der Waals surface area contributed by atoms with Crippen molar-refractivity contribution in [2.45, 2.75) is 19.9 Å². The first-order valence-electron chi connectivity index (χ1n) is 11.9. The quantitative estimate of drug-likeness (QED) is 0.127. The number of fused-ring (bicyclic) bond motifs is 1. The molecular formula is C26H29FN8O2. The number of rotatable bonds is 7. The molecule has 0 spiro atoms. The summed E-state index contributed by atoms with van der Waals surface area (Å²) in [5.41, 5.74) is 1.11. The van der Waals surface area contributed by atoms with E-state index in [1.807, 2.05) is 44.2 Å². The molecule has 1 saturated heterocycles. The van der Waals surface area contributed by atoms with Gasteiger partial charge in [-0.3, -0.25) is 24.6 Å². The summed E-state index contributed by atoms with van der Waals surface area (Å²) in [6, 6.07) is 9.97. The number of carbonyl (C=O) groups excluding carboxylic acids is 2. The number of nitrogens with two attached hydrogens (primary N) is 1. The van der Waals surface area contributed by atoms with Crippen LogP contribution in [0.2, 0.25) is 0 Å². The number of nitrogens with zero attached hydrogens (tertiary/aromatic N) is 6. The van der Waals surface area contributed by atoms with Crippen LogP contribution in [0.5, 0.6) is 0 Å². The Hall–Kier alpha value is -4.38. The molecule has 1 amide bonds. The fraction of sp³-hybridized carbons (Fsp3) is 0.269. The largest absolute Gasteiger partial charge is 0.357 e. The maximum absolute atomic E-state index is 14.8. The zero-order valence-electron chi connectivity index (χ0n) is 20.8. The zero-order valence-corrected chi connectivity index (χ0v) is 20.8. The Balaban J connectivity index is 1.53.